The average molecular weight is 171 g/mol. The van der Waals surface area contributed by atoms with Crippen LogP contribution >= 0.6 is 11.5 Å². The molecule has 0 unspecified atom stereocenters. The minimum atomic E-state index is 0.103. The van der Waals surface area contributed by atoms with E-state index in [2.05, 4.69) is 11.3 Å². The maximum absolute atomic E-state index is 11.0. The van der Waals surface area contributed by atoms with Crippen molar-refractivity contribution >= 4 is 11.5 Å². The minimum Gasteiger partial charge on any atom is -0.278 e. The molecule has 0 radical (unpaired) electrons. The van der Waals surface area contributed by atoms with Crippen LogP contribution in [-0.2, 0) is 6.42 Å². The van der Waals surface area contributed by atoms with Gasteiger partial charge in [0, 0.05) is 10.9 Å². The van der Waals surface area contributed by atoms with Crippen LogP contribution in [0, 0.1) is 0 Å². The molecule has 0 aliphatic heterocycles. The summed E-state index contributed by atoms with van der Waals surface area (Å²) in [5, 5.41) is 1.91. The molecule has 1 aromatic rings. The summed E-state index contributed by atoms with van der Waals surface area (Å²) < 4.78 is 2.68. The summed E-state index contributed by atoms with van der Waals surface area (Å²) in [4.78, 5) is 11.0. The van der Waals surface area contributed by atoms with E-state index in [9.17, 15) is 4.79 Å². The van der Waals surface area contributed by atoms with Gasteiger partial charge in [-0.2, -0.15) is 0 Å². The zero-order chi connectivity index (χ0) is 8.10. The molecule has 0 saturated carbocycles. The van der Waals surface area contributed by atoms with E-state index in [1.54, 1.807) is 0 Å². The molecular weight excluding hydrogens is 158 g/mol. The lowest BCUT2D eigenvalue weighted by molar-refractivity contribution is 0.715. The fraction of sp³-hybridized carbons (Fsp3) is 0.625. The van der Waals surface area contributed by atoms with E-state index in [0.717, 1.165) is 18.4 Å². The number of rotatable bonds is 4. The number of hydrogen-bond donors (Lipinski definition) is 1. The maximum Gasteiger partial charge on any atom is 0.261 e. The van der Waals surface area contributed by atoms with Gasteiger partial charge in [-0.3, -0.25) is 9.17 Å². The highest BCUT2D eigenvalue weighted by molar-refractivity contribution is 7.03. The number of nitrogens with one attached hydrogen (secondary N) is 1. The Hall–Kier alpha value is -0.570. The van der Waals surface area contributed by atoms with Gasteiger partial charge in [-0.15, -0.1) is 0 Å². The summed E-state index contributed by atoms with van der Waals surface area (Å²) in [5.74, 6) is 0. The Bertz CT molecular complexity index is 251. The van der Waals surface area contributed by atoms with E-state index in [1.165, 1.54) is 24.4 Å². The van der Waals surface area contributed by atoms with Gasteiger partial charge >= 0.3 is 0 Å². The molecule has 1 N–H and O–H groups in total. The number of H-pyrrole nitrogens is 1. The molecule has 1 heterocycles. The van der Waals surface area contributed by atoms with Crippen LogP contribution < -0.4 is 5.56 Å². The van der Waals surface area contributed by atoms with Crippen LogP contribution in [0.5, 0.6) is 0 Å². The Labute approximate surface area is 70.4 Å². The quantitative estimate of drug-likeness (QED) is 0.692. The first-order chi connectivity index (χ1) is 5.34. The first-order valence-corrected chi connectivity index (χ1v) is 4.87. The molecule has 0 aliphatic rings. The van der Waals surface area contributed by atoms with Gasteiger partial charge < -0.3 is 0 Å². The number of unbranched alkanes of at least 4 members (excludes halogenated alkanes) is 2. The highest BCUT2D eigenvalue weighted by atomic mass is 32.1. The lowest BCUT2D eigenvalue weighted by atomic mass is 10.1. The highest BCUT2D eigenvalue weighted by Crippen LogP contribution is 2.03. The third kappa shape index (κ3) is 2.50. The van der Waals surface area contributed by atoms with Crippen molar-refractivity contribution in [1.82, 2.24) is 4.37 Å². The number of aryl methyl sites for hydroxylation is 1. The molecule has 1 aromatic heterocycles. The van der Waals surface area contributed by atoms with Crippen molar-refractivity contribution in [3.05, 3.63) is 21.3 Å². The molecule has 0 fully saturated rings. The number of hydrogen-bond acceptors (Lipinski definition) is 2. The van der Waals surface area contributed by atoms with E-state index >= 15 is 0 Å². The van der Waals surface area contributed by atoms with Crippen LogP contribution in [0.15, 0.2) is 10.2 Å². The van der Waals surface area contributed by atoms with Crippen LogP contribution in [0.4, 0.5) is 0 Å². The SMILES string of the molecule is CCCCCc1cs[nH]c1=O. The lowest BCUT2D eigenvalue weighted by Gasteiger charge is -1.92. The second-order valence-corrected chi connectivity index (χ2v) is 3.32. The van der Waals surface area contributed by atoms with Crippen LogP contribution in [0.1, 0.15) is 31.7 Å². The Morgan fingerprint density at radius 1 is 1.55 bits per heavy atom. The Morgan fingerprint density at radius 3 is 2.91 bits per heavy atom. The van der Waals surface area contributed by atoms with Crippen molar-refractivity contribution in [3.8, 4) is 0 Å². The molecule has 11 heavy (non-hydrogen) atoms. The van der Waals surface area contributed by atoms with Crippen LogP contribution in [0.25, 0.3) is 0 Å². The number of aromatic amines is 1. The monoisotopic (exact) mass is 171 g/mol. The van der Waals surface area contributed by atoms with E-state index < -0.39 is 0 Å². The molecular formula is C8H13NOS. The standard InChI is InChI=1S/C8H13NOS/c1-2-3-4-5-7-6-11-9-8(7)10/h6H,2-5H2,1H3,(H,9,10). The molecule has 3 heteroatoms. The topological polar surface area (TPSA) is 32.9 Å². The average Bonchev–Trinajstić information content (AvgIpc) is 2.37. The van der Waals surface area contributed by atoms with Gasteiger partial charge in [0.2, 0.25) is 0 Å². The van der Waals surface area contributed by atoms with Gasteiger partial charge in [0.15, 0.2) is 0 Å². The molecule has 0 amide bonds. The predicted octanol–water partition coefficient (Wildman–Crippen LogP) is 2.17. The van der Waals surface area contributed by atoms with Crippen molar-refractivity contribution in [2.45, 2.75) is 32.6 Å². The van der Waals surface area contributed by atoms with Crippen LogP contribution in [0.3, 0.4) is 0 Å². The first-order valence-electron chi connectivity index (χ1n) is 3.99. The fourth-order valence-corrected chi connectivity index (χ4v) is 1.68. The molecule has 0 aromatic carbocycles. The molecule has 0 atom stereocenters. The van der Waals surface area contributed by atoms with Crippen molar-refractivity contribution in [2.24, 2.45) is 0 Å². The summed E-state index contributed by atoms with van der Waals surface area (Å²) in [6.07, 6.45) is 4.50. The van der Waals surface area contributed by atoms with Gasteiger partial charge in [0.1, 0.15) is 0 Å². The van der Waals surface area contributed by atoms with Gasteiger partial charge in [0.05, 0.1) is 0 Å². The fourth-order valence-electron chi connectivity index (χ4n) is 1.01. The minimum absolute atomic E-state index is 0.103. The normalized spacial score (nSPS) is 10.3. The van der Waals surface area contributed by atoms with Crippen molar-refractivity contribution in [2.75, 3.05) is 0 Å². The molecule has 0 bridgehead atoms. The Balaban J connectivity index is 2.39. The summed E-state index contributed by atoms with van der Waals surface area (Å²) in [5.41, 5.74) is 1.05. The molecule has 1 rings (SSSR count). The van der Waals surface area contributed by atoms with E-state index in [0.29, 0.717) is 0 Å². The molecule has 0 aliphatic carbocycles. The van der Waals surface area contributed by atoms with Crippen molar-refractivity contribution in [1.29, 1.82) is 0 Å². The second-order valence-electron chi connectivity index (χ2n) is 2.65. The zero-order valence-corrected chi connectivity index (χ0v) is 7.54. The van der Waals surface area contributed by atoms with E-state index in [1.807, 2.05) is 5.38 Å². The Morgan fingerprint density at radius 2 is 2.36 bits per heavy atom. The summed E-state index contributed by atoms with van der Waals surface area (Å²) in [6, 6.07) is 0. The smallest absolute Gasteiger partial charge is 0.261 e. The Kier molecular flexibility index (Phi) is 3.36. The van der Waals surface area contributed by atoms with Gasteiger partial charge in [-0.1, -0.05) is 31.3 Å². The van der Waals surface area contributed by atoms with E-state index in [-0.39, 0.29) is 5.56 Å². The molecule has 2 nitrogen and oxygen atoms in total. The van der Waals surface area contributed by atoms with Gasteiger partial charge in [-0.25, -0.2) is 0 Å². The second kappa shape index (κ2) is 4.34. The van der Waals surface area contributed by atoms with Crippen LogP contribution in [0.2, 0.25) is 0 Å². The van der Waals surface area contributed by atoms with Crippen molar-refractivity contribution in [3.63, 3.8) is 0 Å². The summed E-state index contributed by atoms with van der Waals surface area (Å²) in [7, 11) is 0. The maximum atomic E-state index is 11.0. The van der Waals surface area contributed by atoms with Crippen molar-refractivity contribution < 1.29 is 0 Å². The summed E-state index contributed by atoms with van der Waals surface area (Å²) in [6.45, 7) is 2.16. The zero-order valence-electron chi connectivity index (χ0n) is 6.72. The first kappa shape index (κ1) is 8.53. The number of aromatic nitrogens is 1. The molecule has 0 saturated heterocycles. The molecule has 62 valence electrons. The highest BCUT2D eigenvalue weighted by Gasteiger charge is 1.98. The third-order valence-electron chi connectivity index (χ3n) is 1.69. The van der Waals surface area contributed by atoms with E-state index in [4.69, 9.17) is 0 Å². The summed E-state index contributed by atoms with van der Waals surface area (Å²) >= 11 is 1.39. The van der Waals surface area contributed by atoms with Gasteiger partial charge in [-0.05, 0) is 12.8 Å². The lowest BCUT2D eigenvalue weighted by Crippen LogP contribution is -2.04. The largest absolute Gasteiger partial charge is 0.278 e. The molecule has 0 spiro atoms. The van der Waals surface area contributed by atoms with Crippen LogP contribution in [-0.4, -0.2) is 4.37 Å². The predicted molar refractivity (Wildman–Crippen MR) is 48.2 cm³/mol. The van der Waals surface area contributed by atoms with Gasteiger partial charge in [0.25, 0.3) is 5.56 Å². The third-order valence-corrected chi connectivity index (χ3v) is 2.40.